The molecule has 0 aliphatic carbocycles. The number of aromatic nitrogens is 1. The molecule has 1 aromatic heterocycles. The van der Waals surface area contributed by atoms with Crippen LogP contribution in [0.5, 0.6) is 0 Å². The lowest BCUT2D eigenvalue weighted by atomic mass is 10.0. The maximum Gasteiger partial charge on any atom is 0.408 e. The first-order chi connectivity index (χ1) is 21.4. The maximum atomic E-state index is 13.9. The molecule has 11 nitrogen and oxygen atoms in total. The number of anilines is 1. The molecule has 4 rings (SSSR count). The molecule has 0 aliphatic rings. The van der Waals surface area contributed by atoms with Crippen molar-refractivity contribution >= 4 is 39.3 Å². The number of benzene rings is 3. The van der Waals surface area contributed by atoms with Gasteiger partial charge in [-0.15, -0.1) is 11.3 Å². The molecule has 0 saturated carbocycles. The second kappa shape index (κ2) is 15.1. The van der Waals surface area contributed by atoms with Crippen LogP contribution >= 0.6 is 11.3 Å². The van der Waals surface area contributed by atoms with Crippen molar-refractivity contribution in [3.8, 4) is 10.6 Å². The number of nitrogens with one attached hydrogen (secondary N) is 3. The molecule has 1 heterocycles. The van der Waals surface area contributed by atoms with E-state index in [0.29, 0.717) is 12.1 Å². The summed E-state index contributed by atoms with van der Waals surface area (Å²) in [6, 6.07) is 24.2. The van der Waals surface area contributed by atoms with Gasteiger partial charge in [-0.25, -0.2) is 14.7 Å². The van der Waals surface area contributed by atoms with E-state index in [2.05, 4.69) is 24.6 Å². The van der Waals surface area contributed by atoms with Crippen LogP contribution < -0.4 is 15.4 Å². The van der Waals surface area contributed by atoms with Crippen molar-refractivity contribution in [2.24, 2.45) is 0 Å². The van der Waals surface area contributed by atoms with Gasteiger partial charge in [-0.05, 0) is 50.5 Å². The molecule has 3 N–H and O–H groups in total. The Morgan fingerprint density at radius 3 is 2.11 bits per heavy atom. The Labute approximate surface area is 267 Å². The summed E-state index contributed by atoms with van der Waals surface area (Å²) < 4.78 is 35.7. The van der Waals surface area contributed by atoms with Gasteiger partial charge in [0.2, 0.25) is 5.91 Å². The summed E-state index contributed by atoms with van der Waals surface area (Å²) in [5.41, 5.74) is 2.76. The second-order valence-electron chi connectivity index (χ2n) is 11.1. The second-order valence-corrected chi connectivity index (χ2v) is 13.2. The SMILES string of the molecule is COOS(=O)(=O)Nc1ccc(C[C@H](NC(=O)[C@H](Cc2ccccc2)NC(=O)OC(C)(C)C)c2csc(-c3ccccc3)n2)cc1. The Bertz CT molecular complexity index is 1660. The molecule has 0 aliphatic heterocycles. The fourth-order valence-corrected chi connectivity index (χ4v) is 5.88. The normalized spacial score (nSPS) is 13.0. The highest BCUT2D eigenvalue weighted by molar-refractivity contribution is 7.88. The molecule has 2 atom stereocenters. The van der Waals surface area contributed by atoms with E-state index in [1.807, 2.05) is 66.0 Å². The van der Waals surface area contributed by atoms with E-state index in [1.165, 1.54) is 11.3 Å². The number of amides is 2. The van der Waals surface area contributed by atoms with Crippen LogP contribution in [0, 0.1) is 0 Å². The van der Waals surface area contributed by atoms with Crippen molar-refractivity contribution < 1.29 is 32.0 Å². The van der Waals surface area contributed by atoms with Crippen molar-refractivity contribution in [3.63, 3.8) is 0 Å². The molecule has 0 unspecified atom stereocenters. The van der Waals surface area contributed by atoms with E-state index in [9.17, 15) is 18.0 Å². The number of hydrogen-bond donors (Lipinski definition) is 3. The Kier molecular flexibility index (Phi) is 11.3. The Balaban J connectivity index is 1.60. The number of ether oxygens (including phenoxy) is 1. The fraction of sp³-hybridized carbons (Fsp3) is 0.281. The van der Waals surface area contributed by atoms with Crippen molar-refractivity contribution in [2.45, 2.75) is 51.3 Å². The minimum absolute atomic E-state index is 0.239. The van der Waals surface area contributed by atoms with E-state index in [1.54, 1.807) is 45.0 Å². The van der Waals surface area contributed by atoms with Gasteiger partial charge in [-0.3, -0.25) is 9.52 Å². The van der Waals surface area contributed by atoms with Crippen LogP contribution in [0.15, 0.2) is 90.3 Å². The topological polar surface area (TPSA) is 145 Å². The monoisotopic (exact) mass is 652 g/mol. The third-order valence-electron chi connectivity index (χ3n) is 6.30. The van der Waals surface area contributed by atoms with Gasteiger partial charge < -0.3 is 15.4 Å². The van der Waals surface area contributed by atoms with Crippen molar-refractivity contribution in [1.29, 1.82) is 0 Å². The van der Waals surface area contributed by atoms with Gasteiger partial charge in [-0.2, -0.15) is 8.42 Å². The number of hydrogen-bond acceptors (Lipinski definition) is 9. The van der Waals surface area contributed by atoms with E-state index < -0.39 is 40.0 Å². The average molecular weight is 653 g/mol. The molecule has 13 heteroatoms. The molecule has 0 saturated heterocycles. The van der Waals surface area contributed by atoms with Crippen LogP contribution in [0.3, 0.4) is 0 Å². The van der Waals surface area contributed by atoms with Crippen molar-refractivity contribution in [1.82, 2.24) is 15.6 Å². The minimum atomic E-state index is -4.14. The molecule has 0 spiro atoms. The molecule has 0 radical (unpaired) electrons. The van der Waals surface area contributed by atoms with Crippen molar-refractivity contribution in [3.05, 3.63) is 107 Å². The van der Waals surface area contributed by atoms with E-state index in [4.69, 9.17) is 9.72 Å². The van der Waals surface area contributed by atoms with Crippen LogP contribution in [0.25, 0.3) is 10.6 Å². The zero-order chi connectivity index (χ0) is 32.5. The summed E-state index contributed by atoms with van der Waals surface area (Å²) in [5, 5.41) is 8.51. The molecule has 2 amide bonds. The summed E-state index contributed by atoms with van der Waals surface area (Å²) in [6.07, 6.45) is -0.135. The summed E-state index contributed by atoms with van der Waals surface area (Å²) in [6.45, 7) is 5.26. The number of alkyl carbamates (subject to hydrolysis) is 1. The van der Waals surface area contributed by atoms with Gasteiger partial charge in [0.1, 0.15) is 16.7 Å². The van der Waals surface area contributed by atoms with Crippen LogP contribution in [-0.4, -0.2) is 44.2 Å². The first-order valence-corrected chi connectivity index (χ1v) is 16.4. The zero-order valence-corrected chi connectivity index (χ0v) is 27.0. The van der Waals surface area contributed by atoms with E-state index in [-0.39, 0.29) is 12.1 Å². The summed E-state index contributed by atoms with van der Waals surface area (Å²) in [7, 11) is -3.05. The molecule has 4 aromatic rings. The molecule has 0 bridgehead atoms. The molecular weight excluding hydrogens is 617 g/mol. The van der Waals surface area contributed by atoms with Crippen LogP contribution in [0.1, 0.15) is 43.6 Å². The first kappa shape index (κ1) is 33.6. The first-order valence-electron chi connectivity index (χ1n) is 14.1. The van der Waals surface area contributed by atoms with Crippen LogP contribution in [0.4, 0.5) is 10.5 Å². The van der Waals surface area contributed by atoms with Crippen LogP contribution in [0.2, 0.25) is 0 Å². The molecule has 45 heavy (non-hydrogen) atoms. The summed E-state index contributed by atoms with van der Waals surface area (Å²) in [4.78, 5) is 35.7. The predicted octanol–water partition coefficient (Wildman–Crippen LogP) is 5.58. The highest BCUT2D eigenvalue weighted by Gasteiger charge is 2.28. The largest absolute Gasteiger partial charge is 0.444 e. The smallest absolute Gasteiger partial charge is 0.408 e. The van der Waals surface area contributed by atoms with Crippen molar-refractivity contribution in [2.75, 3.05) is 11.8 Å². The van der Waals surface area contributed by atoms with Crippen LogP contribution in [-0.2, 0) is 41.9 Å². The number of rotatable bonds is 13. The van der Waals surface area contributed by atoms with Gasteiger partial charge >= 0.3 is 16.4 Å². The predicted molar refractivity (Wildman–Crippen MR) is 173 cm³/mol. The fourth-order valence-electron chi connectivity index (χ4n) is 4.37. The summed E-state index contributed by atoms with van der Waals surface area (Å²) in [5.74, 6) is -0.412. The third kappa shape index (κ3) is 10.7. The lowest BCUT2D eigenvalue weighted by Crippen LogP contribution is -2.50. The number of carbonyl (C=O) groups excluding carboxylic acids is 2. The lowest BCUT2D eigenvalue weighted by Gasteiger charge is -2.25. The van der Waals surface area contributed by atoms with Gasteiger partial charge in [0, 0.05) is 17.4 Å². The standard InChI is InChI=1S/C32H36N4O7S2/c1-32(2,3)42-31(38)35-27(20-22-11-7-5-8-12-22)29(37)33-26(28-21-44-30(34-28)24-13-9-6-10-14-24)19-23-15-17-25(18-16-23)36-45(39,40)43-41-4/h5-18,21,26-27,36H,19-20H2,1-4H3,(H,33,37)(H,35,38)/t26-,27-/m0/s1. The number of nitrogens with zero attached hydrogens (tertiary/aromatic N) is 1. The molecule has 238 valence electrons. The average Bonchev–Trinajstić information content (AvgIpc) is 3.48. The zero-order valence-electron chi connectivity index (χ0n) is 25.4. The van der Waals surface area contributed by atoms with Gasteiger partial charge in [0.25, 0.3) is 0 Å². The molecular formula is C32H36N4O7S2. The number of thiazole rings is 1. The highest BCUT2D eigenvalue weighted by Crippen LogP contribution is 2.28. The number of carbonyl (C=O) groups is 2. The maximum absolute atomic E-state index is 13.9. The summed E-state index contributed by atoms with van der Waals surface area (Å²) >= 11 is 1.46. The van der Waals surface area contributed by atoms with Gasteiger partial charge in [0.05, 0.1) is 24.5 Å². The Morgan fingerprint density at radius 1 is 0.867 bits per heavy atom. The van der Waals surface area contributed by atoms with E-state index >= 15 is 0 Å². The quantitative estimate of drug-likeness (QED) is 0.125. The van der Waals surface area contributed by atoms with Gasteiger partial charge in [0.15, 0.2) is 0 Å². The third-order valence-corrected chi connectivity index (χ3v) is 8.01. The van der Waals surface area contributed by atoms with Gasteiger partial charge in [-0.1, -0.05) is 77.1 Å². The van der Waals surface area contributed by atoms with E-state index in [0.717, 1.165) is 28.8 Å². The molecule has 0 fully saturated rings. The minimum Gasteiger partial charge on any atom is -0.444 e. The lowest BCUT2D eigenvalue weighted by molar-refractivity contribution is -0.171. The molecule has 3 aromatic carbocycles. The highest BCUT2D eigenvalue weighted by atomic mass is 32.2. The Hall–Kier alpha value is -4.30. The Morgan fingerprint density at radius 2 is 1.49 bits per heavy atom.